The number of benzene rings is 2. The van der Waals surface area contributed by atoms with Crippen molar-refractivity contribution in [3.63, 3.8) is 0 Å². The molecule has 0 aromatic heterocycles. The molecular formula is C48H64FN3O9. The highest BCUT2D eigenvalue weighted by Gasteiger charge is 2.65. The van der Waals surface area contributed by atoms with Gasteiger partial charge < -0.3 is 38.7 Å². The zero-order valence-electron chi connectivity index (χ0n) is 35.5. The summed E-state index contributed by atoms with van der Waals surface area (Å²) in [6, 6.07) is 11.3. The molecule has 0 bridgehead atoms. The van der Waals surface area contributed by atoms with Crippen LogP contribution in [-0.4, -0.2) is 109 Å². The summed E-state index contributed by atoms with van der Waals surface area (Å²) in [5.74, 6) is -1.10. The predicted molar refractivity (Wildman–Crippen MR) is 230 cm³/mol. The van der Waals surface area contributed by atoms with Gasteiger partial charge in [-0.25, -0.2) is 9.18 Å². The van der Waals surface area contributed by atoms with Crippen LogP contribution in [0, 0.1) is 23.6 Å². The van der Waals surface area contributed by atoms with E-state index in [4.69, 9.17) is 33.7 Å². The zero-order chi connectivity index (χ0) is 42.6. The van der Waals surface area contributed by atoms with Crippen molar-refractivity contribution >= 4 is 11.8 Å². The van der Waals surface area contributed by atoms with Crippen molar-refractivity contribution in [2.75, 3.05) is 59.3 Å². The molecular weight excluding hydrogens is 782 g/mol. The number of nitrogens with zero attached hydrogens (tertiary/aromatic N) is 3. The van der Waals surface area contributed by atoms with Crippen LogP contribution in [0.4, 0.5) is 9.18 Å². The Labute approximate surface area is 359 Å². The van der Waals surface area contributed by atoms with Crippen molar-refractivity contribution in [1.82, 2.24) is 9.80 Å². The molecule has 7 rings (SSSR count). The molecule has 2 aliphatic carbocycles. The maximum Gasteiger partial charge on any atom is 0.410 e. The summed E-state index contributed by atoms with van der Waals surface area (Å²) in [5, 5.41) is 24.8. The van der Waals surface area contributed by atoms with E-state index in [2.05, 4.69) is 30.2 Å². The third-order valence-corrected chi connectivity index (χ3v) is 12.7. The Hall–Kier alpha value is -4.27. The first-order valence-electron chi connectivity index (χ1n) is 22.4. The van der Waals surface area contributed by atoms with Gasteiger partial charge in [-0.15, -0.1) is 13.2 Å². The average molecular weight is 846 g/mol. The summed E-state index contributed by atoms with van der Waals surface area (Å²) in [6.45, 7) is 12.5. The van der Waals surface area contributed by atoms with Gasteiger partial charge in [-0.3, -0.25) is 9.80 Å². The molecule has 2 aromatic carbocycles. The lowest BCUT2D eigenvalue weighted by molar-refractivity contribution is -0.256. The van der Waals surface area contributed by atoms with Gasteiger partial charge in [-0.2, -0.15) is 0 Å². The van der Waals surface area contributed by atoms with Crippen LogP contribution in [0.1, 0.15) is 87.7 Å². The maximum atomic E-state index is 14.6. The molecule has 1 saturated carbocycles. The van der Waals surface area contributed by atoms with Crippen LogP contribution >= 0.6 is 0 Å². The minimum Gasteiger partial charge on any atom is -0.492 e. The van der Waals surface area contributed by atoms with Gasteiger partial charge in [0.15, 0.2) is 0 Å². The Morgan fingerprint density at radius 2 is 1.82 bits per heavy atom. The summed E-state index contributed by atoms with van der Waals surface area (Å²) < 4.78 is 47.1. The van der Waals surface area contributed by atoms with Crippen molar-refractivity contribution < 1.29 is 47.9 Å². The first-order chi connectivity index (χ1) is 29.9. The number of fused-ring (bicyclic) bond motifs is 2. The molecule has 2 saturated heterocycles. The van der Waals surface area contributed by atoms with Crippen LogP contribution in [0.5, 0.6) is 11.5 Å². The van der Waals surface area contributed by atoms with Gasteiger partial charge in [0.1, 0.15) is 30.0 Å². The van der Waals surface area contributed by atoms with Gasteiger partial charge in [0.2, 0.25) is 12.1 Å². The lowest BCUT2D eigenvalue weighted by atomic mass is 9.55. The first kappa shape index (κ1) is 44.8. The fourth-order valence-electron chi connectivity index (χ4n) is 9.64. The van der Waals surface area contributed by atoms with Crippen LogP contribution in [0.15, 0.2) is 84.6 Å². The molecule has 7 atom stereocenters. The topological polar surface area (TPSA) is 132 Å². The van der Waals surface area contributed by atoms with Crippen LogP contribution in [0.3, 0.4) is 0 Å². The number of rotatable bonds is 23. The number of hydrogen-bond acceptors (Lipinski definition) is 11. The van der Waals surface area contributed by atoms with E-state index in [1.54, 1.807) is 29.2 Å². The SMILES string of the molecule is C=CCCOC(=O)N(Cc1ccc(F)cc1)C1CC(=NOC2CCCCO2)C2=CC(CCCCO)C(CCCCO)C3c4cc(OCCN5CC5)ccc4OC1(OCC=C)C23. The smallest absolute Gasteiger partial charge is 0.410 e. The van der Waals surface area contributed by atoms with Crippen LogP contribution in [0.25, 0.3) is 0 Å². The second-order valence-electron chi connectivity index (χ2n) is 16.8. The second-order valence-corrected chi connectivity index (χ2v) is 16.8. The Kier molecular flexibility index (Phi) is 15.9. The molecule has 3 heterocycles. The molecule has 1 amide bonds. The van der Waals surface area contributed by atoms with E-state index in [-0.39, 0.29) is 63.0 Å². The fraction of sp³-hybridized carbons (Fsp3) is 0.583. The average Bonchev–Trinajstić information content (AvgIpc) is 4.11. The van der Waals surface area contributed by atoms with Crippen molar-refractivity contribution in [1.29, 1.82) is 0 Å². The van der Waals surface area contributed by atoms with Crippen molar-refractivity contribution in [3.8, 4) is 11.5 Å². The summed E-state index contributed by atoms with van der Waals surface area (Å²) in [7, 11) is 0. The monoisotopic (exact) mass is 845 g/mol. The number of hydrogen-bond donors (Lipinski definition) is 2. The molecule has 3 aliphatic heterocycles. The van der Waals surface area contributed by atoms with E-state index in [9.17, 15) is 19.4 Å². The Balaban J connectivity index is 1.42. The normalized spacial score (nSPS) is 27.2. The summed E-state index contributed by atoms with van der Waals surface area (Å²) in [4.78, 5) is 24.8. The highest BCUT2D eigenvalue weighted by molar-refractivity contribution is 6.03. The summed E-state index contributed by atoms with van der Waals surface area (Å²) in [6.07, 6.45) is 12.5. The predicted octanol–water partition coefficient (Wildman–Crippen LogP) is 7.90. The third kappa shape index (κ3) is 10.9. The number of carbonyl (C=O) groups is 1. The van der Waals surface area contributed by atoms with Gasteiger partial charge in [0.05, 0.1) is 31.5 Å². The molecule has 3 fully saturated rings. The van der Waals surface area contributed by atoms with Crippen molar-refractivity contribution in [2.45, 2.75) is 101 Å². The minimum absolute atomic E-state index is 0.0499. The molecule has 332 valence electrons. The zero-order valence-corrected chi connectivity index (χ0v) is 35.5. The number of carbonyl (C=O) groups excluding carboxylic acids is 1. The van der Waals surface area contributed by atoms with Crippen LogP contribution in [-0.2, 0) is 25.6 Å². The number of amides is 1. The molecule has 12 nitrogen and oxygen atoms in total. The number of unbranched alkanes of at least 4 members (excludes halogenated alkanes) is 2. The molecule has 2 N–H and O–H groups in total. The van der Waals surface area contributed by atoms with Gasteiger partial charge in [0.25, 0.3) is 0 Å². The number of aliphatic hydroxyl groups is 2. The van der Waals surface area contributed by atoms with Crippen molar-refractivity contribution in [2.24, 2.45) is 22.9 Å². The number of allylic oxidation sites excluding steroid dienone is 1. The number of halogens is 1. The first-order valence-corrected chi connectivity index (χ1v) is 22.4. The largest absolute Gasteiger partial charge is 0.492 e. The molecule has 0 radical (unpaired) electrons. The molecule has 5 aliphatic rings. The summed E-state index contributed by atoms with van der Waals surface area (Å²) in [5.41, 5.74) is 3.26. The van der Waals surface area contributed by atoms with Crippen LogP contribution < -0.4 is 9.47 Å². The number of aliphatic hydroxyl groups excluding tert-OH is 2. The number of ether oxygens (including phenoxy) is 5. The van der Waals surface area contributed by atoms with Crippen LogP contribution in [0.2, 0.25) is 0 Å². The minimum atomic E-state index is -1.48. The number of oxime groups is 1. The lowest BCUT2D eigenvalue weighted by Gasteiger charge is -2.60. The van der Waals surface area contributed by atoms with Gasteiger partial charge in [-0.05, 0) is 98.2 Å². The quantitative estimate of drug-likeness (QED) is 0.0493. The fourth-order valence-corrected chi connectivity index (χ4v) is 9.64. The molecule has 13 heteroatoms. The Bertz CT molecular complexity index is 1830. The van der Waals surface area contributed by atoms with Gasteiger partial charge in [-0.1, -0.05) is 48.4 Å². The van der Waals surface area contributed by atoms with Gasteiger partial charge >= 0.3 is 6.09 Å². The lowest BCUT2D eigenvalue weighted by Crippen LogP contribution is -2.70. The summed E-state index contributed by atoms with van der Waals surface area (Å²) >= 11 is 0. The molecule has 61 heavy (non-hydrogen) atoms. The molecule has 2 aromatic rings. The maximum absolute atomic E-state index is 14.6. The van der Waals surface area contributed by atoms with E-state index in [0.29, 0.717) is 55.9 Å². The molecule has 7 unspecified atom stereocenters. The second kappa shape index (κ2) is 21.7. The van der Waals surface area contributed by atoms with Gasteiger partial charge in [0, 0.05) is 63.7 Å². The molecule has 0 spiro atoms. The van der Waals surface area contributed by atoms with Crippen molar-refractivity contribution in [3.05, 3.63) is 96.4 Å². The van der Waals surface area contributed by atoms with E-state index in [1.165, 1.54) is 12.1 Å². The van der Waals surface area contributed by atoms with E-state index in [0.717, 1.165) is 75.0 Å². The Morgan fingerprint density at radius 3 is 2.54 bits per heavy atom. The standard InChI is InChI=1S/C48H64FN3O9/c1-3-5-27-58-47(55)52(33-34-15-17-36(49)18-16-34)43-32-41(50-61-44-14-8-11-28-57-44)39-30-35(12-6-9-24-53)38(13-7-10-25-54)45-40-31-37(56-29-23-51-21-22-51)19-20-42(40)60-48(43,46(39)45)59-26-4-2/h3-4,15-20,30-31,35,38,43-46,53-54H,1-2,5-14,21-29,32-33H2. The highest BCUT2D eigenvalue weighted by atomic mass is 19.1. The highest BCUT2D eigenvalue weighted by Crippen LogP contribution is 2.62. The Morgan fingerprint density at radius 1 is 1.02 bits per heavy atom. The third-order valence-electron chi connectivity index (χ3n) is 12.7. The van der Waals surface area contributed by atoms with E-state index < -0.39 is 30.1 Å². The van der Waals surface area contributed by atoms with E-state index in [1.807, 2.05) is 12.1 Å². The van der Waals surface area contributed by atoms with E-state index >= 15 is 0 Å².